The molecule has 2 fully saturated rings. The summed E-state index contributed by atoms with van der Waals surface area (Å²) < 4.78 is 0. The fourth-order valence-electron chi connectivity index (χ4n) is 5.60. The summed E-state index contributed by atoms with van der Waals surface area (Å²) in [5.74, 6) is 0. The molecule has 0 aliphatic heterocycles. The van der Waals surface area contributed by atoms with Crippen LogP contribution in [-0.2, 0) is 9.78 Å². The van der Waals surface area contributed by atoms with Crippen molar-refractivity contribution >= 4 is 0 Å². The summed E-state index contributed by atoms with van der Waals surface area (Å²) in [5.41, 5.74) is 7.23. The lowest BCUT2D eigenvalue weighted by molar-refractivity contribution is -0.284. The van der Waals surface area contributed by atoms with Crippen LogP contribution < -0.4 is 5.73 Å². The molecule has 0 bridgehead atoms. The third-order valence-corrected chi connectivity index (χ3v) is 7.64. The van der Waals surface area contributed by atoms with Gasteiger partial charge < -0.3 is 5.73 Å². The van der Waals surface area contributed by atoms with Gasteiger partial charge in [0.1, 0.15) is 6.10 Å². The summed E-state index contributed by atoms with van der Waals surface area (Å²) in [6.07, 6.45) is 12.1. The molecule has 2 saturated carbocycles. The second-order valence-corrected chi connectivity index (χ2v) is 10.5. The van der Waals surface area contributed by atoms with Crippen LogP contribution in [-0.4, -0.2) is 12.6 Å². The molecule has 0 heterocycles. The van der Waals surface area contributed by atoms with E-state index in [4.69, 9.17) is 15.9 Å². The van der Waals surface area contributed by atoms with Crippen LogP contribution in [0.25, 0.3) is 0 Å². The molecular weight excluding hydrogens is 312 g/mol. The van der Waals surface area contributed by atoms with E-state index in [-0.39, 0.29) is 16.9 Å². The van der Waals surface area contributed by atoms with Crippen molar-refractivity contribution in [3.8, 4) is 6.26 Å². The van der Waals surface area contributed by atoms with Gasteiger partial charge in [-0.3, -0.25) is 4.89 Å². The van der Waals surface area contributed by atoms with E-state index in [0.29, 0.717) is 17.4 Å². The van der Waals surface area contributed by atoms with Crippen molar-refractivity contribution in [3.05, 3.63) is 0 Å². The highest BCUT2D eigenvalue weighted by atomic mass is 17.2. The Morgan fingerprint density at radius 3 is 2.32 bits per heavy atom. The molecule has 4 unspecified atom stereocenters. The molecule has 4 nitrogen and oxygen atoms in total. The molecule has 25 heavy (non-hydrogen) atoms. The molecule has 2 aliphatic carbocycles. The van der Waals surface area contributed by atoms with Crippen LogP contribution in [0, 0.1) is 33.2 Å². The zero-order valence-corrected chi connectivity index (χ0v) is 17.0. The second-order valence-electron chi connectivity index (χ2n) is 10.5. The van der Waals surface area contributed by atoms with E-state index in [9.17, 15) is 0 Å². The highest BCUT2D eigenvalue weighted by Gasteiger charge is 2.50. The number of hydrogen-bond acceptors (Lipinski definition) is 4. The zero-order valence-electron chi connectivity index (χ0n) is 17.0. The Balaban J connectivity index is 2.23. The van der Waals surface area contributed by atoms with Gasteiger partial charge >= 0.3 is 6.26 Å². The van der Waals surface area contributed by atoms with Gasteiger partial charge in [0.05, 0.1) is 0 Å². The van der Waals surface area contributed by atoms with E-state index >= 15 is 0 Å². The second kappa shape index (κ2) is 7.45. The summed E-state index contributed by atoms with van der Waals surface area (Å²) >= 11 is 0. The lowest BCUT2D eigenvalue weighted by Crippen LogP contribution is -2.46. The molecule has 0 aromatic rings. The van der Waals surface area contributed by atoms with Crippen molar-refractivity contribution in [1.29, 1.82) is 5.26 Å². The third kappa shape index (κ3) is 4.68. The smallest absolute Gasteiger partial charge is 0.324 e. The Bertz CT molecular complexity index is 501. The van der Waals surface area contributed by atoms with Crippen LogP contribution in [0.3, 0.4) is 0 Å². The molecule has 0 aromatic heterocycles. The number of nitriles is 1. The van der Waals surface area contributed by atoms with E-state index in [1.54, 1.807) is 6.26 Å². The Morgan fingerprint density at radius 1 is 1.00 bits per heavy atom. The van der Waals surface area contributed by atoms with E-state index in [0.717, 1.165) is 25.7 Å². The van der Waals surface area contributed by atoms with Crippen molar-refractivity contribution in [2.45, 2.75) is 98.5 Å². The summed E-state index contributed by atoms with van der Waals surface area (Å²) in [4.78, 5) is 10.0. The first-order chi connectivity index (χ1) is 11.6. The van der Waals surface area contributed by atoms with Gasteiger partial charge in [-0.1, -0.05) is 41.0 Å². The normalized spacial score (nSPS) is 42.0. The lowest BCUT2D eigenvalue weighted by atomic mass is 9.50. The van der Waals surface area contributed by atoms with E-state index in [2.05, 4.69) is 39.5 Å². The fourth-order valence-corrected chi connectivity index (χ4v) is 5.60. The molecule has 0 saturated heterocycles. The monoisotopic (exact) mass is 350 g/mol. The molecule has 0 radical (unpaired) electrons. The maximum Gasteiger partial charge on any atom is 0.324 e. The van der Waals surface area contributed by atoms with Crippen LogP contribution in [0.5, 0.6) is 0 Å². The van der Waals surface area contributed by atoms with Crippen molar-refractivity contribution in [2.75, 3.05) is 6.54 Å². The molecule has 0 amide bonds. The number of rotatable bonds is 4. The van der Waals surface area contributed by atoms with E-state index in [1.165, 1.54) is 32.1 Å². The quantitative estimate of drug-likeness (QED) is 0.423. The summed E-state index contributed by atoms with van der Waals surface area (Å²) in [5, 5.41) is 8.69. The Hall–Kier alpha value is -0.790. The Morgan fingerprint density at radius 2 is 1.72 bits per heavy atom. The molecule has 4 atom stereocenters. The molecule has 2 N–H and O–H groups in total. The molecule has 4 heteroatoms. The average molecular weight is 351 g/mol. The molecule has 0 spiro atoms. The summed E-state index contributed by atoms with van der Waals surface area (Å²) in [7, 11) is 0. The predicted octanol–water partition coefficient (Wildman–Crippen LogP) is 5.33. The molecule has 0 aromatic carbocycles. The Labute approximate surface area is 154 Å². The Kier molecular flexibility index (Phi) is 6.11. The zero-order chi connectivity index (χ0) is 18.8. The molecular formula is C21H38N2O2. The average Bonchev–Trinajstić information content (AvgIpc) is 2.53. The largest absolute Gasteiger partial charge is 0.330 e. The predicted molar refractivity (Wildman–Crippen MR) is 100 cm³/mol. The lowest BCUT2D eigenvalue weighted by Gasteiger charge is -2.55. The summed E-state index contributed by atoms with van der Waals surface area (Å²) in [6.45, 7) is 12.8. The molecule has 144 valence electrons. The first kappa shape index (κ1) is 20.5. The van der Waals surface area contributed by atoms with Crippen molar-refractivity contribution in [1.82, 2.24) is 0 Å². The molecule has 2 rings (SSSR count). The van der Waals surface area contributed by atoms with Crippen LogP contribution in [0.4, 0.5) is 0 Å². The van der Waals surface area contributed by atoms with E-state index < -0.39 is 0 Å². The van der Waals surface area contributed by atoms with Crippen LogP contribution in [0.1, 0.15) is 92.4 Å². The van der Waals surface area contributed by atoms with Gasteiger partial charge in [-0.2, -0.15) is 4.89 Å². The minimum absolute atomic E-state index is 0.0473. The van der Waals surface area contributed by atoms with E-state index in [1.807, 2.05) is 0 Å². The highest BCUT2D eigenvalue weighted by molar-refractivity contribution is 5.00. The molecule has 2 aliphatic rings. The van der Waals surface area contributed by atoms with Gasteiger partial charge in [-0.05, 0) is 79.6 Å². The van der Waals surface area contributed by atoms with Gasteiger partial charge in [0.25, 0.3) is 0 Å². The number of nitrogens with zero attached hydrogens (tertiary/aromatic N) is 1. The van der Waals surface area contributed by atoms with Crippen molar-refractivity contribution < 1.29 is 9.78 Å². The maximum atomic E-state index is 8.69. The topological polar surface area (TPSA) is 68.3 Å². The van der Waals surface area contributed by atoms with Gasteiger partial charge in [-0.15, -0.1) is 5.26 Å². The minimum Gasteiger partial charge on any atom is -0.330 e. The number of nitrogens with two attached hydrogens (primary N) is 1. The van der Waals surface area contributed by atoms with Crippen LogP contribution in [0.15, 0.2) is 0 Å². The van der Waals surface area contributed by atoms with Gasteiger partial charge in [0, 0.05) is 0 Å². The first-order valence-corrected chi connectivity index (χ1v) is 9.99. The first-order valence-electron chi connectivity index (χ1n) is 9.99. The van der Waals surface area contributed by atoms with Gasteiger partial charge in [-0.25, -0.2) is 0 Å². The number of hydrogen-bond donors (Lipinski definition) is 1. The van der Waals surface area contributed by atoms with Crippen LogP contribution >= 0.6 is 0 Å². The SMILES string of the molecule is CC1(C)CCCC(C)(C2(C)CCC(OOC#N)CC(C)(CN)CC2)C1. The fraction of sp³-hybridized carbons (Fsp3) is 0.952. The maximum absolute atomic E-state index is 8.69. The summed E-state index contributed by atoms with van der Waals surface area (Å²) in [6, 6.07) is 0. The van der Waals surface area contributed by atoms with Crippen LogP contribution in [0.2, 0.25) is 0 Å². The van der Waals surface area contributed by atoms with Crippen molar-refractivity contribution in [2.24, 2.45) is 27.4 Å². The minimum atomic E-state index is -0.0481. The third-order valence-electron chi connectivity index (χ3n) is 7.64. The van der Waals surface area contributed by atoms with Gasteiger partial charge in [0.2, 0.25) is 0 Å². The van der Waals surface area contributed by atoms with Gasteiger partial charge in [0.15, 0.2) is 0 Å². The van der Waals surface area contributed by atoms with Crippen molar-refractivity contribution in [3.63, 3.8) is 0 Å². The highest BCUT2D eigenvalue weighted by Crippen LogP contribution is 2.60. The standard InChI is InChI=1S/C21H38N2O2/c1-18(2)8-6-9-21(5,14-18)20(4)10-7-17(25-24-16-23)13-19(3,15-22)11-12-20/h17H,6-15,22H2,1-5H3.